The lowest BCUT2D eigenvalue weighted by Crippen LogP contribution is -2.56. The summed E-state index contributed by atoms with van der Waals surface area (Å²) in [5.74, 6) is 0. The van der Waals surface area contributed by atoms with Crippen LogP contribution in [0.3, 0.4) is 0 Å². The average Bonchev–Trinajstić information content (AvgIpc) is 2.60. The maximum Gasteiger partial charge on any atom is 0.120 e. The molecule has 2 aliphatic rings. The van der Waals surface area contributed by atoms with Crippen molar-refractivity contribution >= 4 is 0 Å². The third kappa shape index (κ3) is 1.72. The Morgan fingerprint density at radius 3 is 2.56 bits per heavy atom. The molecule has 0 aromatic rings. The molecule has 1 N–H and O–H groups in total. The van der Waals surface area contributed by atoms with E-state index >= 15 is 0 Å². The van der Waals surface area contributed by atoms with Gasteiger partial charge in [0.05, 0.1) is 17.8 Å². The first-order valence-electron chi connectivity index (χ1n) is 6.40. The normalized spacial score (nSPS) is 42.4. The summed E-state index contributed by atoms with van der Waals surface area (Å²) in [6, 6.07) is 2.01. The van der Waals surface area contributed by atoms with Gasteiger partial charge < -0.3 is 9.84 Å². The number of hydrogen-bond donors (Lipinski definition) is 1. The minimum Gasteiger partial charge on any atom is -0.387 e. The second-order valence-corrected chi connectivity index (χ2v) is 6.39. The van der Waals surface area contributed by atoms with Crippen molar-refractivity contribution in [3.05, 3.63) is 23.8 Å². The second kappa shape index (κ2) is 3.94. The zero-order valence-corrected chi connectivity index (χ0v) is 11.5. The van der Waals surface area contributed by atoms with Crippen molar-refractivity contribution in [1.29, 1.82) is 5.26 Å². The van der Waals surface area contributed by atoms with Gasteiger partial charge in [-0.2, -0.15) is 5.26 Å². The predicted octanol–water partition coefficient (Wildman–Crippen LogP) is 2.72. The topological polar surface area (TPSA) is 53.2 Å². The molecule has 2 rings (SSSR count). The van der Waals surface area contributed by atoms with Crippen LogP contribution < -0.4 is 0 Å². The summed E-state index contributed by atoms with van der Waals surface area (Å²) < 4.78 is 6.07. The van der Waals surface area contributed by atoms with E-state index in [1.165, 1.54) is 6.08 Å². The minimum absolute atomic E-state index is 0.0944. The van der Waals surface area contributed by atoms with Crippen LogP contribution in [-0.4, -0.2) is 22.4 Å². The van der Waals surface area contributed by atoms with Gasteiger partial charge in [-0.15, -0.1) is 0 Å². The van der Waals surface area contributed by atoms with E-state index in [-0.39, 0.29) is 11.5 Å². The highest BCUT2D eigenvalue weighted by molar-refractivity contribution is 5.32. The molecule has 2 aliphatic heterocycles. The Morgan fingerprint density at radius 1 is 1.39 bits per heavy atom. The molecular formula is C15H21NO2. The molecule has 3 heteroatoms. The quantitative estimate of drug-likeness (QED) is 0.603. The molecule has 2 saturated heterocycles. The van der Waals surface area contributed by atoms with Crippen molar-refractivity contribution in [2.75, 3.05) is 0 Å². The molecule has 0 spiro atoms. The molecule has 0 saturated carbocycles. The van der Waals surface area contributed by atoms with Gasteiger partial charge in [0.1, 0.15) is 5.60 Å². The van der Waals surface area contributed by atoms with Crippen LogP contribution in [0.1, 0.15) is 40.5 Å². The van der Waals surface area contributed by atoms with Gasteiger partial charge >= 0.3 is 0 Å². The standard InChI is InChI=1S/C15H21NO2/c1-11(6-8-16)5-7-15-13(2,3)9-12(18-15)10-14(15,4)17/h5-7,12,17H,9-10H2,1-4H3/b7-5+,11-6+/t12-,14+,15+/m0/s1. The van der Waals surface area contributed by atoms with Gasteiger partial charge in [0.25, 0.3) is 0 Å². The van der Waals surface area contributed by atoms with Crippen LogP contribution >= 0.6 is 0 Å². The van der Waals surface area contributed by atoms with Crippen molar-refractivity contribution in [1.82, 2.24) is 0 Å². The summed E-state index contributed by atoms with van der Waals surface area (Å²) in [6.45, 7) is 7.99. The summed E-state index contributed by atoms with van der Waals surface area (Å²) in [7, 11) is 0. The number of rotatable bonds is 2. The highest BCUT2D eigenvalue weighted by atomic mass is 16.5. The SMILES string of the molecule is CC(/C=C/[C@@]12O[C@@H](CC1(C)C)C[C@@]2(C)O)=C\C#N. The van der Waals surface area contributed by atoms with E-state index < -0.39 is 11.2 Å². The van der Waals surface area contributed by atoms with Crippen LogP contribution in [0, 0.1) is 16.7 Å². The largest absolute Gasteiger partial charge is 0.387 e. The molecule has 3 nitrogen and oxygen atoms in total. The lowest BCUT2D eigenvalue weighted by atomic mass is 9.61. The van der Waals surface area contributed by atoms with E-state index in [1.807, 2.05) is 32.1 Å². The molecule has 18 heavy (non-hydrogen) atoms. The lowest BCUT2D eigenvalue weighted by molar-refractivity contribution is -0.115. The van der Waals surface area contributed by atoms with Crippen LogP contribution in [0.2, 0.25) is 0 Å². The highest BCUT2D eigenvalue weighted by Gasteiger charge is 2.67. The van der Waals surface area contributed by atoms with Crippen LogP contribution in [0.15, 0.2) is 23.8 Å². The van der Waals surface area contributed by atoms with Crippen LogP contribution in [0.5, 0.6) is 0 Å². The number of ether oxygens (including phenoxy) is 1. The molecule has 3 atom stereocenters. The first-order chi connectivity index (χ1) is 8.24. The Kier molecular flexibility index (Phi) is 2.92. The number of fused-ring (bicyclic) bond motifs is 2. The molecule has 0 aromatic heterocycles. The highest BCUT2D eigenvalue weighted by Crippen LogP contribution is 2.60. The second-order valence-electron chi connectivity index (χ2n) is 6.39. The molecule has 98 valence electrons. The van der Waals surface area contributed by atoms with E-state index in [4.69, 9.17) is 10.00 Å². The molecule has 0 unspecified atom stereocenters. The van der Waals surface area contributed by atoms with Crippen molar-refractivity contribution in [3.8, 4) is 6.07 Å². The maximum absolute atomic E-state index is 10.7. The van der Waals surface area contributed by atoms with Crippen LogP contribution in [0.4, 0.5) is 0 Å². The fourth-order valence-electron chi connectivity index (χ4n) is 3.59. The van der Waals surface area contributed by atoms with Crippen LogP contribution in [0.25, 0.3) is 0 Å². The summed E-state index contributed by atoms with van der Waals surface area (Å²) in [6.07, 6.45) is 7.11. The van der Waals surface area contributed by atoms with Gasteiger partial charge in [-0.1, -0.05) is 19.9 Å². The zero-order chi connectivity index (χ0) is 13.6. The minimum atomic E-state index is -0.844. The monoisotopic (exact) mass is 247 g/mol. The smallest absolute Gasteiger partial charge is 0.120 e. The number of aliphatic hydroxyl groups is 1. The first kappa shape index (κ1) is 13.3. The van der Waals surface area contributed by atoms with Crippen molar-refractivity contribution < 1.29 is 9.84 Å². The maximum atomic E-state index is 10.7. The predicted molar refractivity (Wildman–Crippen MR) is 69.8 cm³/mol. The third-order valence-corrected chi connectivity index (χ3v) is 4.39. The molecule has 2 bridgehead atoms. The Bertz CT molecular complexity index is 434. The van der Waals surface area contributed by atoms with Crippen LogP contribution in [-0.2, 0) is 4.74 Å². The number of nitriles is 1. The van der Waals surface area contributed by atoms with Crippen molar-refractivity contribution in [2.24, 2.45) is 5.41 Å². The molecule has 0 radical (unpaired) electrons. The van der Waals surface area contributed by atoms with E-state index in [0.717, 1.165) is 12.0 Å². The number of nitrogens with zero attached hydrogens (tertiary/aromatic N) is 1. The Balaban J connectivity index is 2.38. The van der Waals surface area contributed by atoms with E-state index in [0.29, 0.717) is 6.42 Å². The zero-order valence-electron chi connectivity index (χ0n) is 11.5. The van der Waals surface area contributed by atoms with E-state index in [9.17, 15) is 5.11 Å². The fourth-order valence-corrected chi connectivity index (χ4v) is 3.59. The fraction of sp³-hybridized carbons (Fsp3) is 0.667. The van der Waals surface area contributed by atoms with Gasteiger partial charge in [-0.3, -0.25) is 0 Å². The summed E-state index contributed by atoms with van der Waals surface area (Å²) in [4.78, 5) is 0. The van der Waals surface area contributed by atoms with Gasteiger partial charge in [-0.05, 0) is 31.9 Å². The Morgan fingerprint density at radius 2 is 2.06 bits per heavy atom. The Labute approximate surface area is 109 Å². The lowest BCUT2D eigenvalue weighted by Gasteiger charge is -2.46. The van der Waals surface area contributed by atoms with E-state index in [1.54, 1.807) is 0 Å². The first-order valence-corrected chi connectivity index (χ1v) is 6.40. The third-order valence-electron chi connectivity index (χ3n) is 4.39. The molecular weight excluding hydrogens is 226 g/mol. The number of allylic oxidation sites excluding steroid dienone is 3. The summed E-state index contributed by atoms with van der Waals surface area (Å²) >= 11 is 0. The average molecular weight is 247 g/mol. The van der Waals surface area contributed by atoms with E-state index in [2.05, 4.69) is 13.8 Å². The number of hydrogen-bond acceptors (Lipinski definition) is 3. The molecule has 0 aliphatic carbocycles. The molecule has 2 heterocycles. The molecule has 0 aromatic carbocycles. The summed E-state index contributed by atoms with van der Waals surface area (Å²) in [5.41, 5.74) is -0.710. The van der Waals surface area contributed by atoms with Gasteiger partial charge in [0, 0.05) is 17.9 Å². The molecule has 2 fully saturated rings. The van der Waals surface area contributed by atoms with Crippen molar-refractivity contribution in [2.45, 2.75) is 57.8 Å². The van der Waals surface area contributed by atoms with Crippen molar-refractivity contribution in [3.63, 3.8) is 0 Å². The van der Waals surface area contributed by atoms with Gasteiger partial charge in [-0.25, -0.2) is 0 Å². The Hall–Kier alpha value is -1.11. The molecule has 0 amide bonds. The van der Waals surface area contributed by atoms with Gasteiger partial charge in [0.2, 0.25) is 0 Å². The van der Waals surface area contributed by atoms with Gasteiger partial charge in [0.15, 0.2) is 0 Å². The summed E-state index contributed by atoms with van der Waals surface area (Å²) in [5, 5.41) is 19.3.